The minimum absolute atomic E-state index is 0.452. The van der Waals surface area contributed by atoms with E-state index in [-0.39, 0.29) is 0 Å². The average molecular weight is 379 g/mol. The number of rotatable bonds is 6. The molecule has 0 aliphatic heterocycles. The fourth-order valence-electron chi connectivity index (χ4n) is 0.714. The van der Waals surface area contributed by atoms with Crippen LogP contribution in [0.25, 0.3) is 0 Å². The van der Waals surface area contributed by atoms with Crippen molar-refractivity contribution in [3.63, 3.8) is 0 Å². The summed E-state index contributed by atoms with van der Waals surface area (Å²) in [5, 5.41) is 5.71. The molecular formula is C3H13NO12P4+2. The topological polar surface area (TPSA) is 245 Å². The summed E-state index contributed by atoms with van der Waals surface area (Å²) in [6.07, 6.45) is -0.873. The highest BCUT2D eigenvalue weighted by Gasteiger charge is 2.58. The Morgan fingerprint density at radius 2 is 1.30 bits per heavy atom. The predicted molar refractivity (Wildman–Crippen MR) is 63.4 cm³/mol. The van der Waals surface area contributed by atoms with E-state index in [1.54, 1.807) is 0 Å². The van der Waals surface area contributed by atoms with Crippen molar-refractivity contribution in [2.24, 2.45) is 5.73 Å². The summed E-state index contributed by atoms with van der Waals surface area (Å²) in [6, 6.07) is 0. The van der Waals surface area contributed by atoms with Gasteiger partial charge in [0.05, 0.1) is 0 Å². The van der Waals surface area contributed by atoms with Crippen molar-refractivity contribution in [1.82, 2.24) is 0 Å². The third kappa shape index (κ3) is 7.92. The van der Waals surface area contributed by atoms with E-state index < -0.39 is 49.8 Å². The normalized spacial score (nSPS) is 14.2. The van der Waals surface area contributed by atoms with Gasteiger partial charge in [0.25, 0.3) is 5.08 Å². The van der Waals surface area contributed by atoms with Crippen molar-refractivity contribution in [3.8, 4) is 0 Å². The van der Waals surface area contributed by atoms with E-state index in [2.05, 4.69) is 4.31 Å². The first-order valence-electron chi connectivity index (χ1n) is 4.23. The number of aliphatic hydroxyl groups is 1. The van der Waals surface area contributed by atoms with Gasteiger partial charge in [-0.25, -0.2) is 0 Å². The summed E-state index contributed by atoms with van der Waals surface area (Å²) in [5.41, 5.74) is 4.86. The zero-order valence-corrected chi connectivity index (χ0v) is 13.0. The van der Waals surface area contributed by atoms with Gasteiger partial charge >= 0.3 is 31.7 Å². The molecule has 0 radical (unpaired) electrons. The lowest BCUT2D eigenvalue weighted by Gasteiger charge is -2.28. The van der Waals surface area contributed by atoms with Crippen molar-refractivity contribution >= 4 is 31.7 Å². The summed E-state index contributed by atoms with van der Waals surface area (Å²) in [5.74, 6) is 0. The van der Waals surface area contributed by atoms with E-state index in [1.165, 1.54) is 0 Å². The quantitative estimate of drug-likeness (QED) is 0.249. The minimum Gasteiger partial charge on any atom is -0.367 e. The van der Waals surface area contributed by atoms with Gasteiger partial charge in [-0.2, -0.15) is 0 Å². The lowest BCUT2D eigenvalue weighted by atomic mass is 10.5. The molecule has 2 atom stereocenters. The molecule has 13 nitrogen and oxygen atoms in total. The number of hydrogen-bond acceptors (Lipinski definition) is 7. The Kier molecular flexibility index (Phi) is 9.79. The highest BCUT2D eigenvalue weighted by molar-refractivity contribution is 7.72. The lowest BCUT2D eigenvalue weighted by Crippen LogP contribution is -2.31. The molecule has 0 bridgehead atoms. The molecule has 0 fully saturated rings. The molecule has 0 aromatic carbocycles. The van der Waals surface area contributed by atoms with Gasteiger partial charge in [0.2, 0.25) is 0 Å². The van der Waals surface area contributed by atoms with Gasteiger partial charge in [-0.1, -0.05) is 0 Å². The molecule has 20 heavy (non-hydrogen) atoms. The van der Waals surface area contributed by atoms with Gasteiger partial charge in [-0.05, 0) is 6.54 Å². The zero-order valence-electron chi connectivity index (χ0n) is 9.45. The van der Waals surface area contributed by atoms with Crippen molar-refractivity contribution in [2.75, 3.05) is 6.54 Å². The predicted octanol–water partition coefficient (Wildman–Crippen LogP) is -1.36. The van der Waals surface area contributed by atoms with Crippen LogP contribution in [-0.2, 0) is 22.6 Å². The molecule has 17 heteroatoms. The molecule has 2 unspecified atom stereocenters. The molecule has 0 spiro atoms. The fourth-order valence-corrected chi connectivity index (χ4v) is 3.39. The van der Waals surface area contributed by atoms with Gasteiger partial charge < -0.3 is 30.4 Å². The molecule has 0 amide bonds. The SMILES string of the molecule is NCCC(O)(P(=O)(O)O)P(=O)(O)O.O=[P+](O)O[P+](=O)O. The minimum atomic E-state index is -5.31. The van der Waals surface area contributed by atoms with Crippen LogP contribution < -0.4 is 5.73 Å². The second-order valence-corrected chi connectivity index (χ2v) is 8.57. The maximum atomic E-state index is 10.6. The van der Waals surface area contributed by atoms with Crippen LogP contribution in [-0.4, -0.2) is 46.1 Å². The van der Waals surface area contributed by atoms with Crippen LogP contribution in [0.4, 0.5) is 0 Å². The smallest absolute Gasteiger partial charge is 0.367 e. The summed E-state index contributed by atoms with van der Waals surface area (Å²) < 4.78 is 43.3. The second kappa shape index (κ2) is 8.67. The summed E-state index contributed by atoms with van der Waals surface area (Å²) in [4.78, 5) is 49.4. The maximum Gasteiger partial charge on any atom is 0.745 e. The van der Waals surface area contributed by atoms with Crippen molar-refractivity contribution in [2.45, 2.75) is 11.5 Å². The van der Waals surface area contributed by atoms with Gasteiger partial charge in [0.15, 0.2) is 4.31 Å². The highest BCUT2D eigenvalue weighted by Crippen LogP contribution is 2.68. The Bertz CT molecular complexity index is 402. The lowest BCUT2D eigenvalue weighted by molar-refractivity contribution is 0.125. The van der Waals surface area contributed by atoms with Crippen LogP contribution in [0.2, 0.25) is 0 Å². The summed E-state index contributed by atoms with van der Waals surface area (Å²) in [6.45, 7) is -0.452. The van der Waals surface area contributed by atoms with Crippen molar-refractivity contribution in [3.05, 3.63) is 0 Å². The molecule has 0 aromatic rings. The van der Waals surface area contributed by atoms with Crippen molar-refractivity contribution < 1.29 is 57.0 Å². The summed E-state index contributed by atoms with van der Waals surface area (Å²) >= 11 is 0. The standard InChI is InChI=1S/C3H11NO7P2.O5P2/c4-2-1-3(5,12(6,7)8)13(9,10)11;1-6(2)5-7(3)4/h5H,1-2,4H2,(H2,6,7,8)(H2,9,10,11);/p+2. The first-order valence-corrected chi connectivity index (χ1v) is 9.71. The molecule has 0 heterocycles. The Labute approximate surface area is 113 Å². The number of nitrogens with two attached hydrogens (primary N) is 1. The highest BCUT2D eigenvalue weighted by atomic mass is 31.2. The Balaban J connectivity index is 0. The monoisotopic (exact) mass is 379 g/mol. The van der Waals surface area contributed by atoms with E-state index in [0.29, 0.717) is 0 Å². The Hall–Kier alpha value is 0.300. The van der Waals surface area contributed by atoms with E-state index in [1.807, 2.05) is 0 Å². The summed E-state index contributed by atoms with van der Waals surface area (Å²) in [7, 11) is -16.5. The van der Waals surface area contributed by atoms with Crippen LogP contribution in [0, 0.1) is 0 Å². The first-order chi connectivity index (χ1) is 8.69. The molecule has 0 saturated carbocycles. The van der Waals surface area contributed by atoms with Crippen LogP contribution >= 0.6 is 31.7 Å². The Morgan fingerprint density at radius 1 is 1.00 bits per heavy atom. The van der Waals surface area contributed by atoms with Crippen LogP contribution in [0.5, 0.6) is 0 Å². The van der Waals surface area contributed by atoms with E-state index in [0.717, 1.165) is 0 Å². The van der Waals surface area contributed by atoms with Crippen molar-refractivity contribution in [1.29, 1.82) is 0 Å². The van der Waals surface area contributed by atoms with Crippen LogP contribution in [0.1, 0.15) is 6.42 Å². The van der Waals surface area contributed by atoms with Crippen LogP contribution in [0.15, 0.2) is 0 Å². The first kappa shape index (κ1) is 22.6. The van der Waals surface area contributed by atoms with Gasteiger partial charge in [-0.3, -0.25) is 9.13 Å². The van der Waals surface area contributed by atoms with Gasteiger partial charge in [0.1, 0.15) is 0 Å². The Morgan fingerprint density at radius 3 is 1.35 bits per heavy atom. The zero-order chi connectivity index (χ0) is 16.8. The largest absolute Gasteiger partial charge is 0.745 e. The van der Waals surface area contributed by atoms with Gasteiger partial charge in [0, 0.05) is 15.6 Å². The molecule has 0 rings (SSSR count). The molecule has 120 valence electrons. The van der Waals surface area contributed by atoms with E-state index in [4.69, 9.17) is 40.2 Å². The molecule has 0 saturated heterocycles. The van der Waals surface area contributed by atoms with Gasteiger partial charge in [-0.15, -0.1) is 9.79 Å². The molecule has 0 aromatic heterocycles. The third-order valence-electron chi connectivity index (χ3n) is 1.55. The molecule has 0 aliphatic carbocycles. The number of hydrogen-bond donors (Lipinski definition) is 8. The van der Waals surface area contributed by atoms with E-state index in [9.17, 15) is 18.3 Å². The van der Waals surface area contributed by atoms with Crippen LogP contribution in [0.3, 0.4) is 0 Å². The molecular weight excluding hydrogens is 366 g/mol. The fraction of sp³-hybridized carbons (Fsp3) is 1.00. The second-order valence-electron chi connectivity index (χ2n) is 2.96. The maximum absolute atomic E-state index is 10.6. The average Bonchev–Trinajstić information content (AvgIpc) is 2.12. The van der Waals surface area contributed by atoms with E-state index >= 15 is 0 Å². The molecule has 9 N–H and O–H groups in total. The third-order valence-corrected chi connectivity index (χ3v) is 6.55. The molecule has 0 aliphatic rings.